The highest BCUT2D eigenvalue weighted by atomic mass is 31.2. The Morgan fingerprint density at radius 3 is 2.38 bits per heavy atom. The number of nitrogens with two attached hydrogens (primary N) is 1. The van der Waals surface area contributed by atoms with Crippen LogP contribution in [0.2, 0.25) is 0 Å². The zero-order valence-electron chi connectivity index (χ0n) is 9.89. The van der Waals surface area contributed by atoms with Gasteiger partial charge in [-0.05, 0) is 20.3 Å². The van der Waals surface area contributed by atoms with Crippen molar-refractivity contribution in [3.8, 4) is 0 Å². The molecule has 2 N–H and O–H groups in total. The van der Waals surface area contributed by atoms with Crippen LogP contribution in [0.25, 0.3) is 0 Å². The zero-order valence-corrected chi connectivity index (χ0v) is 10.8. The lowest BCUT2D eigenvalue weighted by Crippen LogP contribution is -2.42. The van der Waals surface area contributed by atoms with Crippen LogP contribution in [0.4, 0.5) is 0 Å². The molecule has 1 aliphatic carbocycles. The molecule has 1 unspecified atom stereocenters. The predicted octanol–water partition coefficient (Wildman–Crippen LogP) is 2.47. The first kappa shape index (κ1) is 13.7. The first-order chi connectivity index (χ1) is 7.54. The average Bonchev–Trinajstić information content (AvgIpc) is 2.17. The maximum absolute atomic E-state index is 12.3. The lowest BCUT2D eigenvalue weighted by Gasteiger charge is -2.30. The van der Waals surface area contributed by atoms with Crippen LogP contribution in [0.1, 0.15) is 20.3 Å². The summed E-state index contributed by atoms with van der Waals surface area (Å²) in [6.07, 6.45) is 8.50. The molecule has 1 aliphatic rings. The molecule has 0 fully saturated rings. The van der Waals surface area contributed by atoms with Crippen LogP contribution in [0.5, 0.6) is 0 Å². The molecule has 0 aromatic heterocycles. The summed E-state index contributed by atoms with van der Waals surface area (Å²) in [6.45, 7) is 4.33. The summed E-state index contributed by atoms with van der Waals surface area (Å²) >= 11 is 0. The Morgan fingerprint density at radius 2 is 1.94 bits per heavy atom. The molecular formula is C11H20NO3P. The van der Waals surface area contributed by atoms with Crippen LogP contribution in [0, 0.1) is 0 Å². The van der Waals surface area contributed by atoms with Gasteiger partial charge in [0.15, 0.2) is 0 Å². The molecule has 0 bridgehead atoms. The van der Waals surface area contributed by atoms with Gasteiger partial charge < -0.3 is 14.8 Å². The molecule has 0 spiro atoms. The molecule has 1 atom stereocenters. The minimum absolute atomic E-state index is 0.225. The van der Waals surface area contributed by atoms with Gasteiger partial charge in [0.25, 0.3) is 0 Å². The quantitative estimate of drug-likeness (QED) is 0.730. The molecule has 0 heterocycles. The monoisotopic (exact) mass is 245 g/mol. The Hall–Kier alpha value is -0.410. The van der Waals surface area contributed by atoms with Gasteiger partial charge in [0.2, 0.25) is 0 Å². The van der Waals surface area contributed by atoms with E-state index in [1.54, 1.807) is 13.8 Å². The molecule has 4 nitrogen and oxygen atoms in total. The van der Waals surface area contributed by atoms with Crippen LogP contribution in [-0.2, 0) is 13.6 Å². The number of hydrogen-bond acceptors (Lipinski definition) is 4. The van der Waals surface area contributed by atoms with Crippen molar-refractivity contribution in [1.82, 2.24) is 0 Å². The first-order valence-corrected chi connectivity index (χ1v) is 7.28. The number of hydrogen-bond donors (Lipinski definition) is 1. The van der Waals surface area contributed by atoms with Gasteiger partial charge >= 0.3 is 7.60 Å². The highest BCUT2D eigenvalue weighted by molar-refractivity contribution is 7.54. The fourth-order valence-electron chi connectivity index (χ4n) is 1.68. The number of allylic oxidation sites excluding steroid dienone is 2. The summed E-state index contributed by atoms with van der Waals surface area (Å²) in [5.74, 6) is 0. The standard InChI is InChI=1S/C11H20NO3P/c1-3-14-16(13,15-4-2)10-11(12)8-6-5-7-9-11/h5-8H,3-4,9-10,12H2,1-2H3. The van der Waals surface area contributed by atoms with Crippen LogP contribution >= 0.6 is 7.60 Å². The van der Waals surface area contributed by atoms with Gasteiger partial charge in [-0.15, -0.1) is 0 Å². The van der Waals surface area contributed by atoms with Crippen molar-refractivity contribution in [3.63, 3.8) is 0 Å². The van der Waals surface area contributed by atoms with Crippen LogP contribution in [-0.4, -0.2) is 24.9 Å². The lowest BCUT2D eigenvalue weighted by atomic mass is 9.95. The van der Waals surface area contributed by atoms with Crippen LogP contribution in [0.3, 0.4) is 0 Å². The topological polar surface area (TPSA) is 61.5 Å². The molecule has 0 saturated heterocycles. The summed E-state index contributed by atoms with van der Waals surface area (Å²) < 4.78 is 22.8. The van der Waals surface area contributed by atoms with E-state index in [1.807, 2.05) is 24.3 Å². The number of rotatable bonds is 6. The van der Waals surface area contributed by atoms with E-state index in [9.17, 15) is 4.57 Å². The van der Waals surface area contributed by atoms with E-state index in [0.29, 0.717) is 19.6 Å². The smallest absolute Gasteiger partial charge is 0.321 e. The van der Waals surface area contributed by atoms with E-state index in [4.69, 9.17) is 14.8 Å². The maximum Gasteiger partial charge on any atom is 0.332 e. The van der Waals surface area contributed by atoms with E-state index < -0.39 is 13.1 Å². The van der Waals surface area contributed by atoms with E-state index in [2.05, 4.69) is 0 Å². The second-order valence-corrected chi connectivity index (χ2v) is 5.88. The van der Waals surface area contributed by atoms with Crippen LogP contribution in [0.15, 0.2) is 24.3 Å². The summed E-state index contributed by atoms with van der Waals surface area (Å²) in [5, 5.41) is 0. The SMILES string of the molecule is CCOP(=O)(CC1(N)C=CC=CC1)OCC. The highest BCUT2D eigenvalue weighted by Gasteiger charge is 2.35. The summed E-state index contributed by atoms with van der Waals surface area (Å²) in [5.41, 5.74) is 5.52. The van der Waals surface area contributed by atoms with E-state index in [1.165, 1.54) is 0 Å². The van der Waals surface area contributed by atoms with Gasteiger partial charge in [0.05, 0.1) is 19.4 Å². The molecule has 0 saturated carbocycles. The average molecular weight is 245 g/mol. The largest absolute Gasteiger partial charge is 0.332 e. The van der Waals surface area contributed by atoms with Crippen molar-refractivity contribution in [2.24, 2.45) is 5.73 Å². The van der Waals surface area contributed by atoms with Crippen LogP contribution < -0.4 is 5.73 Å². The normalized spacial score (nSPS) is 24.9. The fourth-order valence-corrected chi connectivity index (χ4v) is 3.68. The molecule has 5 heteroatoms. The Morgan fingerprint density at radius 1 is 1.31 bits per heavy atom. The van der Waals surface area contributed by atoms with Gasteiger partial charge in [-0.2, -0.15) is 0 Å². The third-order valence-corrected chi connectivity index (χ3v) is 4.59. The Kier molecular flexibility index (Phi) is 4.93. The van der Waals surface area contributed by atoms with Crippen molar-refractivity contribution in [2.45, 2.75) is 25.8 Å². The lowest BCUT2D eigenvalue weighted by molar-refractivity contribution is 0.216. The van der Waals surface area contributed by atoms with Gasteiger partial charge in [0, 0.05) is 5.54 Å². The van der Waals surface area contributed by atoms with Gasteiger partial charge in [-0.1, -0.05) is 24.3 Å². The molecule has 0 amide bonds. The molecule has 0 aromatic carbocycles. The molecule has 92 valence electrons. The molecule has 0 aromatic rings. The van der Waals surface area contributed by atoms with Gasteiger partial charge in [-0.25, -0.2) is 0 Å². The van der Waals surface area contributed by atoms with Crippen molar-refractivity contribution < 1.29 is 13.6 Å². The summed E-state index contributed by atoms with van der Waals surface area (Å²) in [4.78, 5) is 0. The molecule has 0 aliphatic heterocycles. The first-order valence-electron chi connectivity index (χ1n) is 5.55. The van der Waals surface area contributed by atoms with Crippen molar-refractivity contribution >= 4 is 7.60 Å². The molecular weight excluding hydrogens is 225 g/mol. The Bertz CT molecular complexity index is 317. The third-order valence-electron chi connectivity index (χ3n) is 2.31. The second-order valence-electron chi connectivity index (χ2n) is 3.83. The molecule has 1 rings (SSSR count). The fraction of sp³-hybridized carbons (Fsp3) is 0.636. The minimum Gasteiger partial charge on any atom is -0.321 e. The minimum atomic E-state index is -3.06. The Labute approximate surface area is 97.0 Å². The third kappa shape index (κ3) is 3.87. The summed E-state index contributed by atoms with van der Waals surface area (Å²) in [7, 11) is -3.06. The van der Waals surface area contributed by atoms with Gasteiger partial charge in [-0.3, -0.25) is 4.57 Å². The van der Waals surface area contributed by atoms with Crippen molar-refractivity contribution in [2.75, 3.05) is 19.4 Å². The highest BCUT2D eigenvalue weighted by Crippen LogP contribution is 2.50. The Balaban J connectivity index is 2.71. The van der Waals surface area contributed by atoms with E-state index in [-0.39, 0.29) is 6.16 Å². The van der Waals surface area contributed by atoms with Gasteiger partial charge in [0.1, 0.15) is 0 Å². The maximum atomic E-state index is 12.3. The zero-order chi connectivity index (χ0) is 12.1. The van der Waals surface area contributed by atoms with Crippen molar-refractivity contribution in [1.29, 1.82) is 0 Å². The van der Waals surface area contributed by atoms with E-state index >= 15 is 0 Å². The molecule has 0 radical (unpaired) electrons. The van der Waals surface area contributed by atoms with Crippen molar-refractivity contribution in [3.05, 3.63) is 24.3 Å². The predicted molar refractivity (Wildman–Crippen MR) is 65.5 cm³/mol. The summed E-state index contributed by atoms with van der Waals surface area (Å²) in [6, 6.07) is 0. The van der Waals surface area contributed by atoms with E-state index in [0.717, 1.165) is 0 Å². The second kappa shape index (κ2) is 5.78. The molecule has 16 heavy (non-hydrogen) atoms.